The summed E-state index contributed by atoms with van der Waals surface area (Å²) >= 11 is 5.89. The van der Waals surface area contributed by atoms with Gasteiger partial charge in [0.2, 0.25) is 15.9 Å². The van der Waals surface area contributed by atoms with Gasteiger partial charge in [0, 0.05) is 47.8 Å². The lowest BCUT2D eigenvalue weighted by Gasteiger charge is -2.24. The minimum Gasteiger partial charge on any atom is -0.369 e. The number of benzene rings is 2. The van der Waals surface area contributed by atoms with E-state index in [1.807, 2.05) is 48.4 Å². The summed E-state index contributed by atoms with van der Waals surface area (Å²) in [4.78, 5) is 17.8. The van der Waals surface area contributed by atoms with Crippen LogP contribution in [0.2, 0.25) is 5.02 Å². The fourth-order valence-corrected chi connectivity index (χ4v) is 4.97. The molecule has 0 atom stereocenters. The molecule has 9 heteroatoms. The molecule has 1 aromatic heterocycles. The number of amides is 1. The van der Waals surface area contributed by atoms with E-state index in [-0.39, 0.29) is 11.4 Å². The molecule has 168 valence electrons. The molecule has 0 fully saturated rings. The number of likely N-dealkylation sites (N-methyl/N-ethyl adjacent to an activating group) is 1. The van der Waals surface area contributed by atoms with Crippen LogP contribution in [-0.2, 0) is 14.8 Å². The number of fused-ring (bicyclic) bond motifs is 1. The molecular formula is C23H25ClN4O3S. The van der Waals surface area contributed by atoms with Gasteiger partial charge in [-0.05, 0) is 36.9 Å². The molecule has 0 saturated carbocycles. The maximum Gasteiger partial charge on any atom is 0.244 e. The van der Waals surface area contributed by atoms with Crippen LogP contribution in [0, 0.1) is 0 Å². The Kier molecular flexibility index (Phi) is 7.98. The number of aromatic nitrogens is 1. The third kappa shape index (κ3) is 6.14. The van der Waals surface area contributed by atoms with Gasteiger partial charge in [-0.2, -0.15) is 4.31 Å². The number of sulfonamides is 1. The van der Waals surface area contributed by atoms with E-state index >= 15 is 0 Å². The molecule has 0 aliphatic rings. The summed E-state index contributed by atoms with van der Waals surface area (Å²) in [6, 6.07) is 14.1. The van der Waals surface area contributed by atoms with Gasteiger partial charge in [0.05, 0.1) is 11.4 Å². The van der Waals surface area contributed by atoms with Crippen molar-refractivity contribution in [3.8, 4) is 0 Å². The molecule has 2 aromatic carbocycles. The molecule has 2 N–H and O–H groups in total. The normalized spacial score (nSPS) is 12.2. The number of pyridine rings is 1. The van der Waals surface area contributed by atoms with E-state index in [0.29, 0.717) is 28.9 Å². The van der Waals surface area contributed by atoms with Crippen molar-refractivity contribution in [3.63, 3.8) is 0 Å². The summed E-state index contributed by atoms with van der Waals surface area (Å²) in [5, 5.41) is 1.94. The van der Waals surface area contributed by atoms with Gasteiger partial charge in [-0.1, -0.05) is 48.0 Å². The first-order chi connectivity index (χ1) is 15.3. The van der Waals surface area contributed by atoms with Crippen molar-refractivity contribution >= 4 is 44.4 Å². The van der Waals surface area contributed by atoms with Gasteiger partial charge in [0.15, 0.2) is 0 Å². The average molecular weight is 473 g/mol. The van der Waals surface area contributed by atoms with Crippen molar-refractivity contribution in [1.82, 2.24) is 14.2 Å². The van der Waals surface area contributed by atoms with Gasteiger partial charge in [0.1, 0.15) is 0 Å². The Hall–Kier alpha value is -2.78. The van der Waals surface area contributed by atoms with Crippen LogP contribution in [0.3, 0.4) is 0 Å². The van der Waals surface area contributed by atoms with Crippen molar-refractivity contribution in [3.05, 3.63) is 77.6 Å². The second kappa shape index (κ2) is 10.7. The Balaban J connectivity index is 1.72. The molecule has 1 amide bonds. The zero-order valence-electron chi connectivity index (χ0n) is 17.7. The van der Waals surface area contributed by atoms with Crippen molar-refractivity contribution in [2.45, 2.75) is 4.90 Å². The summed E-state index contributed by atoms with van der Waals surface area (Å²) in [5.41, 5.74) is 6.37. The highest BCUT2D eigenvalue weighted by Gasteiger charge is 2.27. The predicted octanol–water partition coefficient (Wildman–Crippen LogP) is 3.01. The van der Waals surface area contributed by atoms with Gasteiger partial charge in [-0.15, -0.1) is 0 Å². The minimum absolute atomic E-state index is 0.123. The number of hydrogen-bond acceptors (Lipinski definition) is 5. The van der Waals surface area contributed by atoms with Crippen LogP contribution in [0.5, 0.6) is 0 Å². The summed E-state index contributed by atoms with van der Waals surface area (Å²) in [5.74, 6) is -0.708. The monoisotopic (exact) mass is 472 g/mol. The smallest absolute Gasteiger partial charge is 0.244 e. The zero-order valence-corrected chi connectivity index (χ0v) is 19.3. The number of carbonyl (C=O) groups excluding carboxylic acids is 1. The van der Waals surface area contributed by atoms with E-state index < -0.39 is 22.5 Å². The van der Waals surface area contributed by atoms with E-state index in [4.69, 9.17) is 17.3 Å². The van der Waals surface area contributed by atoms with Crippen molar-refractivity contribution in [2.24, 2.45) is 5.73 Å². The van der Waals surface area contributed by atoms with E-state index in [1.54, 1.807) is 30.6 Å². The average Bonchev–Trinajstić information content (AvgIpc) is 2.77. The van der Waals surface area contributed by atoms with Crippen molar-refractivity contribution in [2.75, 3.05) is 33.2 Å². The van der Waals surface area contributed by atoms with Crippen LogP contribution >= 0.6 is 11.6 Å². The van der Waals surface area contributed by atoms with E-state index in [0.717, 1.165) is 9.87 Å². The van der Waals surface area contributed by atoms with Crippen LogP contribution in [0.25, 0.3) is 16.8 Å². The number of nitrogens with zero attached hydrogens (tertiary/aromatic N) is 3. The molecule has 0 aliphatic heterocycles. The van der Waals surface area contributed by atoms with E-state index in [1.165, 1.54) is 6.07 Å². The zero-order chi connectivity index (χ0) is 23.1. The number of primary amides is 1. The lowest BCUT2D eigenvalue weighted by atomic mass is 10.2. The van der Waals surface area contributed by atoms with Crippen molar-refractivity contribution < 1.29 is 13.2 Å². The SMILES string of the molecule is CN(CC=Cc1ccc(Cl)cc1)CCN(CC(N)=O)S(=O)(=O)c1cccc2cnccc12. The molecule has 7 nitrogen and oxygen atoms in total. The number of hydrogen-bond donors (Lipinski definition) is 1. The molecular weight excluding hydrogens is 448 g/mol. The molecule has 0 saturated heterocycles. The number of nitrogens with two attached hydrogens (primary N) is 1. The Morgan fingerprint density at radius 2 is 1.88 bits per heavy atom. The lowest BCUT2D eigenvalue weighted by Crippen LogP contribution is -2.42. The molecule has 0 bridgehead atoms. The fourth-order valence-electron chi connectivity index (χ4n) is 3.23. The number of carbonyl (C=O) groups is 1. The van der Waals surface area contributed by atoms with Crippen LogP contribution in [-0.4, -0.2) is 61.7 Å². The molecule has 0 radical (unpaired) electrons. The summed E-state index contributed by atoms with van der Waals surface area (Å²) in [6.07, 6.45) is 7.09. The molecule has 3 rings (SSSR count). The highest BCUT2D eigenvalue weighted by Crippen LogP contribution is 2.25. The van der Waals surface area contributed by atoms with Crippen LogP contribution < -0.4 is 5.73 Å². The molecule has 1 heterocycles. The van der Waals surface area contributed by atoms with Gasteiger partial charge in [-0.25, -0.2) is 8.42 Å². The highest BCUT2D eigenvalue weighted by atomic mass is 35.5. The second-order valence-electron chi connectivity index (χ2n) is 7.37. The first-order valence-electron chi connectivity index (χ1n) is 9.99. The van der Waals surface area contributed by atoms with Crippen LogP contribution in [0.15, 0.2) is 71.9 Å². The lowest BCUT2D eigenvalue weighted by molar-refractivity contribution is -0.118. The Morgan fingerprint density at radius 3 is 2.59 bits per heavy atom. The van der Waals surface area contributed by atoms with Crippen LogP contribution in [0.4, 0.5) is 0 Å². The standard InChI is InChI=1S/C23H25ClN4O3S/c1-27(13-3-4-18-7-9-20(24)10-8-18)14-15-28(17-23(25)29)32(30,31)22-6-2-5-19-16-26-12-11-21(19)22/h2-12,16H,13-15,17H2,1H3,(H2,25,29). The van der Waals surface area contributed by atoms with E-state index in [9.17, 15) is 13.2 Å². The summed E-state index contributed by atoms with van der Waals surface area (Å²) in [6.45, 7) is 0.757. The summed E-state index contributed by atoms with van der Waals surface area (Å²) < 4.78 is 27.9. The topological polar surface area (TPSA) is 96.6 Å². The Labute approximate surface area is 193 Å². The third-order valence-electron chi connectivity index (χ3n) is 4.92. The van der Waals surface area contributed by atoms with Gasteiger partial charge in [0.25, 0.3) is 0 Å². The second-order valence-corrected chi connectivity index (χ2v) is 9.72. The first kappa shape index (κ1) is 23.9. The third-order valence-corrected chi connectivity index (χ3v) is 7.07. The Bertz CT molecular complexity index is 1210. The largest absolute Gasteiger partial charge is 0.369 e. The fraction of sp³-hybridized carbons (Fsp3) is 0.217. The number of rotatable bonds is 10. The molecule has 3 aromatic rings. The molecule has 32 heavy (non-hydrogen) atoms. The molecule has 0 spiro atoms. The first-order valence-corrected chi connectivity index (χ1v) is 11.8. The van der Waals surface area contributed by atoms with Crippen LogP contribution in [0.1, 0.15) is 5.56 Å². The maximum atomic E-state index is 13.4. The predicted molar refractivity (Wildman–Crippen MR) is 128 cm³/mol. The highest BCUT2D eigenvalue weighted by molar-refractivity contribution is 7.89. The van der Waals surface area contributed by atoms with E-state index in [2.05, 4.69) is 4.98 Å². The quantitative estimate of drug-likeness (QED) is 0.489. The summed E-state index contributed by atoms with van der Waals surface area (Å²) in [7, 11) is -2.06. The molecule has 0 aliphatic carbocycles. The van der Waals surface area contributed by atoms with Gasteiger partial charge >= 0.3 is 0 Å². The Morgan fingerprint density at radius 1 is 1.12 bits per heavy atom. The van der Waals surface area contributed by atoms with Gasteiger partial charge in [-0.3, -0.25) is 9.78 Å². The number of halogens is 1. The maximum absolute atomic E-state index is 13.4. The molecule has 0 unspecified atom stereocenters. The van der Waals surface area contributed by atoms with Crippen molar-refractivity contribution in [1.29, 1.82) is 0 Å². The van der Waals surface area contributed by atoms with Gasteiger partial charge < -0.3 is 10.6 Å². The minimum atomic E-state index is -3.94.